The summed E-state index contributed by atoms with van der Waals surface area (Å²) in [5, 5.41) is 11.3. The summed E-state index contributed by atoms with van der Waals surface area (Å²) < 4.78 is 1.76. The molecule has 1 aliphatic rings. The zero-order valence-corrected chi connectivity index (χ0v) is 6.62. The lowest BCUT2D eigenvalue weighted by molar-refractivity contribution is 0.701. The van der Waals surface area contributed by atoms with Crippen molar-refractivity contribution in [3.05, 3.63) is 11.9 Å². The van der Waals surface area contributed by atoms with Crippen LogP contribution in [0.1, 0.15) is 18.0 Å². The number of hydrogen-bond donors (Lipinski definition) is 1. The first kappa shape index (κ1) is 6.79. The third kappa shape index (κ3) is 1.26. The fraction of sp³-hybridized carbons (Fsp3) is 0.714. The number of aryl methyl sites for hydroxylation is 1. The standard InChI is InChI=1S/C7H12N4/c1-11-5-7(9-10-11)6-2-3-8-4-6/h5-6,8H,2-4H2,1H3. The Kier molecular flexibility index (Phi) is 1.62. The van der Waals surface area contributed by atoms with Gasteiger partial charge in [0.05, 0.1) is 5.69 Å². The van der Waals surface area contributed by atoms with Crippen LogP contribution < -0.4 is 5.32 Å². The zero-order valence-electron chi connectivity index (χ0n) is 6.62. The average Bonchev–Trinajstić information content (AvgIpc) is 2.55. The normalized spacial score (nSPS) is 24.3. The van der Waals surface area contributed by atoms with Gasteiger partial charge in [-0.25, -0.2) is 0 Å². The SMILES string of the molecule is Cn1cc(C2CCNC2)nn1. The summed E-state index contributed by atoms with van der Waals surface area (Å²) in [6, 6.07) is 0. The van der Waals surface area contributed by atoms with Crippen molar-refractivity contribution in [1.82, 2.24) is 20.3 Å². The van der Waals surface area contributed by atoms with Gasteiger partial charge in [0.25, 0.3) is 0 Å². The van der Waals surface area contributed by atoms with Gasteiger partial charge in [-0.1, -0.05) is 5.21 Å². The van der Waals surface area contributed by atoms with E-state index in [4.69, 9.17) is 0 Å². The van der Waals surface area contributed by atoms with E-state index in [1.165, 1.54) is 6.42 Å². The molecular weight excluding hydrogens is 140 g/mol. The molecule has 1 aliphatic heterocycles. The number of nitrogens with one attached hydrogen (secondary N) is 1. The topological polar surface area (TPSA) is 42.7 Å². The lowest BCUT2D eigenvalue weighted by atomic mass is 10.1. The molecule has 1 unspecified atom stereocenters. The first-order valence-corrected chi connectivity index (χ1v) is 3.93. The summed E-state index contributed by atoms with van der Waals surface area (Å²) in [4.78, 5) is 0. The Morgan fingerprint density at radius 2 is 2.64 bits per heavy atom. The van der Waals surface area contributed by atoms with Crippen molar-refractivity contribution in [3.8, 4) is 0 Å². The van der Waals surface area contributed by atoms with E-state index in [1.807, 2.05) is 13.2 Å². The molecule has 1 saturated heterocycles. The van der Waals surface area contributed by atoms with Crippen LogP contribution in [0, 0.1) is 0 Å². The van der Waals surface area contributed by atoms with Gasteiger partial charge < -0.3 is 5.32 Å². The molecule has 0 radical (unpaired) electrons. The van der Waals surface area contributed by atoms with Crippen molar-refractivity contribution >= 4 is 0 Å². The number of rotatable bonds is 1. The predicted molar refractivity (Wildman–Crippen MR) is 41.2 cm³/mol. The van der Waals surface area contributed by atoms with Crippen LogP contribution >= 0.6 is 0 Å². The Bertz CT molecular complexity index is 236. The lowest BCUT2D eigenvalue weighted by Gasteiger charge is -2.00. The Morgan fingerprint density at radius 3 is 3.18 bits per heavy atom. The molecule has 4 heteroatoms. The van der Waals surface area contributed by atoms with E-state index in [2.05, 4.69) is 15.6 Å². The molecule has 1 aromatic rings. The van der Waals surface area contributed by atoms with E-state index >= 15 is 0 Å². The largest absolute Gasteiger partial charge is 0.316 e. The van der Waals surface area contributed by atoms with Crippen LogP contribution in [0.15, 0.2) is 6.20 Å². The smallest absolute Gasteiger partial charge is 0.0871 e. The summed E-state index contributed by atoms with van der Waals surface area (Å²) in [6.45, 7) is 2.17. The molecule has 1 aromatic heterocycles. The van der Waals surface area contributed by atoms with E-state index in [0.717, 1.165) is 18.8 Å². The first-order valence-electron chi connectivity index (χ1n) is 3.93. The van der Waals surface area contributed by atoms with Gasteiger partial charge in [0.15, 0.2) is 0 Å². The monoisotopic (exact) mass is 152 g/mol. The van der Waals surface area contributed by atoms with Crippen LogP contribution in [0.3, 0.4) is 0 Å². The van der Waals surface area contributed by atoms with E-state index in [0.29, 0.717) is 5.92 Å². The van der Waals surface area contributed by atoms with Crippen LogP contribution in [0.4, 0.5) is 0 Å². The highest BCUT2D eigenvalue weighted by molar-refractivity contribution is 5.04. The third-order valence-corrected chi connectivity index (χ3v) is 2.10. The lowest BCUT2D eigenvalue weighted by Crippen LogP contribution is -2.08. The summed E-state index contributed by atoms with van der Waals surface area (Å²) in [5.74, 6) is 0.587. The fourth-order valence-electron chi connectivity index (χ4n) is 1.46. The van der Waals surface area contributed by atoms with Crippen molar-refractivity contribution in [1.29, 1.82) is 0 Å². The summed E-state index contributed by atoms with van der Waals surface area (Å²) in [7, 11) is 1.90. The molecule has 1 fully saturated rings. The maximum absolute atomic E-state index is 4.07. The van der Waals surface area contributed by atoms with Crippen molar-refractivity contribution in [2.45, 2.75) is 12.3 Å². The van der Waals surface area contributed by atoms with E-state index < -0.39 is 0 Å². The second-order valence-electron chi connectivity index (χ2n) is 3.01. The zero-order chi connectivity index (χ0) is 7.68. The van der Waals surface area contributed by atoms with E-state index in [-0.39, 0.29) is 0 Å². The Hall–Kier alpha value is -0.900. The van der Waals surface area contributed by atoms with Gasteiger partial charge in [-0.15, -0.1) is 5.10 Å². The maximum atomic E-state index is 4.07. The molecule has 0 aliphatic carbocycles. The molecule has 0 aromatic carbocycles. The van der Waals surface area contributed by atoms with Crippen LogP contribution in [0.5, 0.6) is 0 Å². The highest BCUT2D eigenvalue weighted by atomic mass is 15.4. The van der Waals surface area contributed by atoms with Gasteiger partial charge in [-0.3, -0.25) is 4.68 Å². The van der Waals surface area contributed by atoms with Gasteiger partial charge in [0.1, 0.15) is 0 Å². The highest BCUT2D eigenvalue weighted by Gasteiger charge is 2.18. The Labute approximate surface area is 65.6 Å². The van der Waals surface area contributed by atoms with Crippen molar-refractivity contribution < 1.29 is 0 Å². The van der Waals surface area contributed by atoms with Gasteiger partial charge >= 0.3 is 0 Å². The summed E-state index contributed by atoms with van der Waals surface area (Å²) in [6.07, 6.45) is 3.19. The number of nitrogens with zero attached hydrogens (tertiary/aromatic N) is 3. The molecule has 60 valence electrons. The molecule has 4 nitrogen and oxygen atoms in total. The molecule has 0 saturated carbocycles. The van der Waals surface area contributed by atoms with Crippen molar-refractivity contribution in [3.63, 3.8) is 0 Å². The van der Waals surface area contributed by atoms with Crippen LogP contribution in [-0.4, -0.2) is 28.1 Å². The van der Waals surface area contributed by atoms with Gasteiger partial charge in [-0.2, -0.15) is 0 Å². The minimum Gasteiger partial charge on any atom is -0.316 e. The molecular formula is C7H12N4. The van der Waals surface area contributed by atoms with Crippen LogP contribution in [-0.2, 0) is 7.05 Å². The molecule has 1 atom stereocenters. The quantitative estimate of drug-likeness (QED) is 0.610. The molecule has 2 heterocycles. The minimum absolute atomic E-state index is 0.587. The van der Waals surface area contributed by atoms with E-state index in [1.54, 1.807) is 4.68 Å². The third-order valence-electron chi connectivity index (χ3n) is 2.10. The van der Waals surface area contributed by atoms with Crippen LogP contribution in [0.2, 0.25) is 0 Å². The van der Waals surface area contributed by atoms with Crippen molar-refractivity contribution in [2.75, 3.05) is 13.1 Å². The number of aromatic nitrogens is 3. The molecule has 1 N–H and O–H groups in total. The van der Waals surface area contributed by atoms with E-state index in [9.17, 15) is 0 Å². The second-order valence-corrected chi connectivity index (χ2v) is 3.01. The minimum atomic E-state index is 0.587. The molecule has 11 heavy (non-hydrogen) atoms. The molecule has 2 rings (SSSR count). The first-order chi connectivity index (χ1) is 5.36. The molecule has 0 spiro atoms. The maximum Gasteiger partial charge on any atom is 0.0871 e. The van der Waals surface area contributed by atoms with Gasteiger partial charge in [0.2, 0.25) is 0 Å². The van der Waals surface area contributed by atoms with Crippen LogP contribution in [0.25, 0.3) is 0 Å². The van der Waals surface area contributed by atoms with Gasteiger partial charge in [0, 0.05) is 25.7 Å². The molecule has 0 bridgehead atoms. The average molecular weight is 152 g/mol. The van der Waals surface area contributed by atoms with Crippen molar-refractivity contribution in [2.24, 2.45) is 7.05 Å². The fourth-order valence-corrected chi connectivity index (χ4v) is 1.46. The van der Waals surface area contributed by atoms with Gasteiger partial charge in [-0.05, 0) is 13.0 Å². The highest BCUT2D eigenvalue weighted by Crippen LogP contribution is 2.18. The number of hydrogen-bond acceptors (Lipinski definition) is 3. The second kappa shape index (κ2) is 2.62. The molecule has 0 amide bonds. The predicted octanol–water partition coefficient (Wildman–Crippen LogP) is -0.108. The Balaban J connectivity index is 2.15. The Morgan fingerprint density at radius 1 is 1.73 bits per heavy atom. The summed E-state index contributed by atoms with van der Waals surface area (Å²) in [5.41, 5.74) is 1.12. The summed E-state index contributed by atoms with van der Waals surface area (Å²) >= 11 is 0.